The molecule has 1 fully saturated rings. The first-order chi connectivity index (χ1) is 11.3. The Morgan fingerprint density at radius 1 is 1.13 bits per heavy atom. The molecule has 4 heterocycles. The first-order valence-electron chi connectivity index (χ1n) is 7.86. The molecular formula is C16H19N7. The van der Waals surface area contributed by atoms with Gasteiger partial charge in [-0.2, -0.15) is 9.78 Å². The SMILES string of the molecule is CN1CCC(Nc2ncnc3c2cnn3-c2ccccn2)CC1. The van der Waals surface area contributed by atoms with Crippen molar-refractivity contribution in [2.45, 2.75) is 18.9 Å². The second-order valence-electron chi connectivity index (χ2n) is 5.93. The number of anilines is 1. The Morgan fingerprint density at radius 3 is 2.78 bits per heavy atom. The van der Waals surface area contributed by atoms with E-state index in [-0.39, 0.29) is 0 Å². The van der Waals surface area contributed by atoms with Gasteiger partial charge < -0.3 is 10.2 Å². The predicted octanol–water partition coefficient (Wildman–Crippen LogP) is 1.72. The molecule has 1 aliphatic heterocycles. The maximum Gasteiger partial charge on any atom is 0.170 e. The lowest BCUT2D eigenvalue weighted by Gasteiger charge is -2.29. The van der Waals surface area contributed by atoms with Crippen LogP contribution in [-0.2, 0) is 0 Å². The van der Waals surface area contributed by atoms with Crippen molar-refractivity contribution in [2.24, 2.45) is 0 Å². The third-order valence-electron chi connectivity index (χ3n) is 4.29. The van der Waals surface area contributed by atoms with Crippen LogP contribution >= 0.6 is 0 Å². The van der Waals surface area contributed by atoms with E-state index in [1.54, 1.807) is 23.4 Å². The normalized spacial score (nSPS) is 16.7. The van der Waals surface area contributed by atoms with E-state index in [1.165, 1.54) is 0 Å². The highest BCUT2D eigenvalue weighted by Gasteiger charge is 2.19. The van der Waals surface area contributed by atoms with Gasteiger partial charge in [-0.1, -0.05) is 6.07 Å². The first kappa shape index (κ1) is 14.1. The Balaban J connectivity index is 1.65. The van der Waals surface area contributed by atoms with Gasteiger partial charge >= 0.3 is 0 Å². The van der Waals surface area contributed by atoms with Crippen molar-refractivity contribution in [3.63, 3.8) is 0 Å². The summed E-state index contributed by atoms with van der Waals surface area (Å²) < 4.78 is 1.75. The molecular weight excluding hydrogens is 290 g/mol. The van der Waals surface area contributed by atoms with Gasteiger partial charge in [0.05, 0.1) is 11.6 Å². The summed E-state index contributed by atoms with van der Waals surface area (Å²) in [5, 5.41) is 8.92. The number of hydrogen-bond donors (Lipinski definition) is 1. The van der Waals surface area contributed by atoms with Crippen LogP contribution < -0.4 is 5.32 Å². The summed E-state index contributed by atoms with van der Waals surface area (Å²) >= 11 is 0. The van der Waals surface area contributed by atoms with Crippen molar-refractivity contribution in [3.05, 3.63) is 36.9 Å². The number of nitrogens with one attached hydrogen (secondary N) is 1. The molecule has 0 unspecified atom stereocenters. The van der Waals surface area contributed by atoms with Gasteiger partial charge in [0.15, 0.2) is 11.5 Å². The highest BCUT2D eigenvalue weighted by atomic mass is 15.3. The summed E-state index contributed by atoms with van der Waals surface area (Å²) in [4.78, 5) is 15.5. The second-order valence-corrected chi connectivity index (χ2v) is 5.93. The van der Waals surface area contributed by atoms with E-state index in [0.29, 0.717) is 6.04 Å². The van der Waals surface area contributed by atoms with E-state index in [2.05, 4.69) is 37.3 Å². The first-order valence-corrected chi connectivity index (χ1v) is 7.86. The molecule has 0 spiro atoms. The van der Waals surface area contributed by atoms with Gasteiger partial charge in [0, 0.05) is 12.2 Å². The zero-order chi connectivity index (χ0) is 15.6. The number of pyridine rings is 1. The smallest absolute Gasteiger partial charge is 0.170 e. The number of piperidine rings is 1. The van der Waals surface area contributed by atoms with Gasteiger partial charge in [0.2, 0.25) is 0 Å². The van der Waals surface area contributed by atoms with Crippen LogP contribution in [0.1, 0.15) is 12.8 Å². The molecule has 0 atom stereocenters. The number of likely N-dealkylation sites (tertiary alicyclic amines) is 1. The summed E-state index contributed by atoms with van der Waals surface area (Å²) in [7, 11) is 2.16. The Kier molecular flexibility index (Phi) is 3.63. The summed E-state index contributed by atoms with van der Waals surface area (Å²) in [5.74, 6) is 1.61. The van der Waals surface area contributed by atoms with Crippen LogP contribution in [0.15, 0.2) is 36.9 Å². The lowest BCUT2D eigenvalue weighted by Crippen LogP contribution is -2.36. The summed E-state index contributed by atoms with van der Waals surface area (Å²) in [6, 6.07) is 6.19. The fourth-order valence-electron chi connectivity index (χ4n) is 2.95. The van der Waals surface area contributed by atoms with Gasteiger partial charge in [-0.15, -0.1) is 0 Å². The average molecular weight is 309 g/mol. The van der Waals surface area contributed by atoms with E-state index >= 15 is 0 Å². The third kappa shape index (κ3) is 2.75. The molecule has 0 saturated carbocycles. The van der Waals surface area contributed by atoms with Crippen molar-refractivity contribution in [1.82, 2.24) is 29.6 Å². The zero-order valence-electron chi connectivity index (χ0n) is 13.1. The molecule has 0 bridgehead atoms. The lowest BCUT2D eigenvalue weighted by molar-refractivity contribution is 0.264. The van der Waals surface area contributed by atoms with Crippen molar-refractivity contribution < 1.29 is 0 Å². The minimum absolute atomic E-state index is 0.447. The van der Waals surface area contributed by atoms with Crippen molar-refractivity contribution in [1.29, 1.82) is 0 Å². The van der Waals surface area contributed by atoms with Gasteiger partial charge in [0.1, 0.15) is 12.1 Å². The average Bonchev–Trinajstić information content (AvgIpc) is 3.03. The highest BCUT2D eigenvalue weighted by Crippen LogP contribution is 2.23. The topological polar surface area (TPSA) is 71.8 Å². The van der Waals surface area contributed by atoms with Gasteiger partial charge in [-0.3, -0.25) is 0 Å². The molecule has 0 aromatic carbocycles. The lowest BCUT2D eigenvalue weighted by atomic mass is 10.1. The minimum Gasteiger partial charge on any atom is -0.367 e. The number of rotatable bonds is 3. The van der Waals surface area contributed by atoms with Crippen LogP contribution in [-0.4, -0.2) is 55.8 Å². The van der Waals surface area contributed by atoms with Crippen LogP contribution in [0.4, 0.5) is 5.82 Å². The van der Waals surface area contributed by atoms with Crippen LogP contribution in [0.2, 0.25) is 0 Å². The number of hydrogen-bond acceptors (Lipinski definition) is 6. The molecule has 1 saturated heterocycles. The molecule has 3 aromatic heterocycles. The maximum absolute atomic E-state index is 4.43. The molecule has 1 N–H and O–H groups in total. The van der Waals surface area contributed by atoms with Crippen molar-refractivity contribution in [2.75, 3.05) is 25.5 Å². The molecule has 118 valence electrons. The Labute approximate surface area is 134 Å². The molecule has 0 amide bonds. The highest BCUT2D eigenvalue weighted by molar-refractivity contribution is 5.87. The Bertz CT molecular complexity index is 791. The quantitative estimate of drug-likeness (QED) is 0.794. The van der Waals surface area contributed by atoms with Crippen molar-refractivity contribution in [3.8, 4) is 5.82 Å². The fourth-order valence-corrected chi connectivity index (χ4v) is 2.95. The molecule has 0 aliphatic carbocycles. The van der Waals surface area contributed by atoms with E-state index in [1.807, 2.05) is 18.2 Å². The largest absolute Gasteiger partial charge is 0.367 e. The fraction of sp³-hybridized carbons (Fsp3) is 0.375. The molecule has 7 nitrogen and oxygen atoms in total. The van der Waals surface area contributed by atoms with Crippen LogP contribution in [0.3, 0.4) is 0 Å². The molecule has 3 aromatic rings. The predicted molar refractivity (Wildman–Crippen MR) is 88.6 cm³/mol. The van der Waals surface area contributed by atoms with E-state index in [4.69, 9.17) is 0 Å². The second kappa shape index (κ2) is 5.92. The standard InChI is InChI=1S/C16H19N7/c1-22-8-5-12(6-9-22)21-15-13-10-20-23(16(13)19-11-18-15)14-4-2-3-7-17-14/h2-4,7,10-12H,5-6,8-9H2,1H3,(H,18,19,21). The number of nitrogens with zero attached hydrogens (tertiary/aromatic N) is 6. The van der Waals surface area contributed by atoms with Crippen LogP contribution in [0, 0.1) is 0 Å². The Morgan fingerprint density at radius 2 is 2.00 bits per heavy atom. The van der Waals surface area contributed by atoms with Gasteiger partial charge in [0.25, 0.3) is 0 Å². The molecule has 1 aliphatic rings. The zero-order valence-corrected chi connectivity index (χ0v) is 13.1. The molecule has 0 radical (unpaired) electrons. The molecule has 23 heavy (non-hydrogen) atoms. The summed E-state index contributed by atoms with van der Waals surface area (Å²) in [6.45, 7) is 2.22. The van der Waals surface area contributed by atoms with Crippen LogP contribution in [0.5, 0.6) is 0 Å². The van der Waals surface area contributed by atoms with E-state index in [9.17, 15) is 0 Å². The van der Waals surface area contributed by atoms with E-state index < -0.39 is 0 Å². The summed E-state index contributed by atoms with van der Waals surface area (Å²) in [6.07, 6.45) is 7.39. The molecule has 4 rings (SSSR count). The maximum atomic E-state index is 4.43. The third-order valence-corrected chi connectivity index (χ3v) is 4.29. The number of aromatic nitrogens is 5. The Hall–Kier alpha value is -2.54. The van der Waals surface area contributed by atoms with Crippen LogP contribution in [0.25, 0.3) is 16.9 Å². The number of fused-ring (bicyclic) bond motifs is 1. The monoisotopic (exact) mass is 309 g/mol. The van der Waals surface area contributed by atoms with Gasteiger partial charge in [-0.25, -0.2) is 15.0 Å². The van der Waals surface area contributed by atoms with Crippen molar-refractivity contribution >= 4 is 16.9 Å². The summed E-state index contributed by atoms with van der Waals surface area (Å²) in [5.41, 5.74) is 0.772. The van der Waals surface area contributed by atoms with Gasteiger partial charge in [-0.05, 0) is 45.1 Å². The van der Waals surface area contributed by atoms with E-state index in [0.717, 1.165) is 48.6 Å². The molecule has 7 heteroatoms. The minimum atomic E-state index is 0.447.